The Kier molecular flexibility index (Phi) is 3.90. The van der Waals surface area contributed by atoms with Crippen LogP contribution in [0.1, 0.15) is 91.4 Å². The van der Waals surface area contributed by atoms with Crippen molar-refractivity contribution in [3.8, 4) is 11.8 Å². The summed E-state index contributed by atoms with van der Waals surface area (Å²) in [6, 6.07) is 0.604. The molecule has 9 atom stereocenters. The van der Waals surface area contributed by atoms with E-state index < -0.39 is 0 Å². The molecule has 0 amide bonds. The highest BCUT2D eigenvalue weighted by atomic mass is 16.2. The van der Waals surface area contributed by atoms with Crippen LogP contribution in [0.3, 0.4) is 0 Å². The zero-order chi connectivity index (χ0) is 22.0. The molecule has 0 radical (unpaired) electrons. The molecule has 172 valence electrons. The summed E-state index contributed by atoms with van der Waals surface area (Å²) in [6.45, 7) is 9.35. The molecule has 3 spiro atoms. The summed E-state index contributed by atoms with van der Waals surface area (Å²) in [6.07, 6.45) is 19.2. The van der Waals surface area contributed by atoms with Crippen molar-refractivity contribution in [2.45, 2.75) is 103 Å². The Morgan fingerprint density at radius 2 is 2.00 bits per heavy atom. The van der Waals surface area contributed by atoms with Gasteiger partial charge in [0.15, 0.2) is 0 Å². The number of rotatable bonds is 3. The van der Waals surface area contributed by atoms with Gasteiger partial charge in [-0.2, -0.15) is 0 Å². The van der Waals surface area contributed by atoms with Crippen molar-refractivity contribution in [1.29, 1.82) is 0 Å². The number of aliphatic hydroxyl groups is 1. The lowest BCUT2D eigenvalue weighted by Gasteiger charge is -2.61. The Morgan fingerprint density at radius 1 is 1.16 bits per heavy atom. The van der Waals surface area contributed by atoms with Crippen molar-refractivity contribution in [2.75, 3.05) is 13.2 Å². The Bertz CT molecular complexity index is 998. The summed E-state index contributed by atoms with van der Waals surface area (Å²) in [7, 11) is 0. The number of allylic oxidation sites excluding steroid dienone is 2. The Balaban J connectivity index is 1.41. The van der Waals surface area contributed by atoms with Crippen LogP contribution in [0.25, 0.3) is 0 Å². The first-order valence-electron chi connectivity index (χ1n) is 13.6. The topological polar surface area (TPSA) is 23.2 Å². The molecule has 0 aromatic rings. The molecule has 3 aliphatic heterocycles. The molecule has 9 unspecified atom stereocenters. The van der Waals surface area contributed by atoms with Crippen LogP contribution in [-0.2, 0) is 0 Å². The maximum atomic E-state index is 9.53. The third-order valence-corrected chi connectivity index (χ3v) is 12.9. The molecule has 3 heterocycles. The quantitative estimate of drug-likeness (QED) is 0.343. The molecule has 4 bridgehead atoms. The number of fused-ring (bicyclic) bond motifs is 2. The molecular formula is C30H41NO. The molecule has 5 aliphatic carbocycles. The van der Waals surface area contributed by atoms with Crippen molar-refractivity contribution >= 4 is 0 Å². The van der Waals surface area contributed by atoms with Gasteiger partial charge in [-0.1, -0.05) is 37.1 Å². The molecule has 0 aromatic heterocycles. The van der Waals surface area contributed by atoms with Crippen LogP contribution in [0.5, 0.6) is 0 Å². The molecule has 2 nitrogen and oxygen atoms in total. The summed E-state index contributed by atoms with van der Waals surface area (Å²) in [5.74, 6) is 9.17. The van der Waals surface area contributed by atoms with Gasteiger partial charge in [0.25, 0.3) is 0 Å². The van der Waals surface area contributed by atoms with E-state index in [0.29, 0.717) is 40.4 Å². The fraction of sp³-hybridized carbons (Fsp3) is 0.800. The largest absolute Gasteiger partial charge is 0.396 e. The fourth-order valence-corrected chi connectivity index (χ4v) is 11.3. The molecule has 32 heavy (non-hydrogen) atoms. The van der Waals surface area contributed by atoms with Gasteiger partial charge in [-0.15, -0.1) is 11.8 Å². The molecular weight excluding hydrogens is 390 g/mol. The molecule has 8 rings (SSSR count). The van der Waals surface area contributed by atoms with Crippen LogP contribution in [0, 0.1) is 45.3 Å². The summed E-state index contributed by atoms with van der Waals surface area (Å²) in [4.78, 5) is 3.00. The maximum Gasteiger partial charge on any atom is 0.0446 e. The van der Waals surface area contributed by atoms with E-state index in [-0.39, 0.29) is 5.41 Å². The van der Waals surface area contributed by atoms with Gasteiger partial charge in [0.1, 0.15) is 0 Å². The lowest BCUT2D eigenvalue weighted by molar-refractivity contribution is -0.109. The average molecular weight is 432 g/mol. The van der Waals surface area contributed by atoms with Gasteiger partial charge in [0.05, 0.1) is 0 Å². The van der Waals surface area contributed by atoms with E-state index in [9.17, 15) is 5.11 Å². The minimum Gasteiger partial charge on any atom is -0.396 e. The van der Waals surface area contributed by atoms with Crippen molar-refractivity contribution in [3.63, 3.8) is 0 Å². The summed E-state index contributed by atoms with van der Waals surface area (Å²) < 4.78 is 0. The molecule has 2 heteroatoms. The van der Waals surface area contributed by atoms with Crippen LogP contribution in [-0.4, -0.2) is 34.7 Å². The second kappa shape index (κ2) is 6.14. The van der Waals surface area contributed by atoms with Gasteiger partial charge in [-0.05, 0) is 82.0 Å². The fourth-order valence-electron chi connectivity index (χ4n) is 11.3. The first-order valence-corrected chi connectivity index (χ1v) is 13.6. The second-order valence-electron chi connectivity index (χ2n) is 13.1. The zero-order valence-electron chi connectivity index (χ0n) is 20.5. The smallest absolute Gasteiger partial charge is 0.0446 e. The Morgan fingerprint density at radius 3 is 2.84 bits per heavy atom. The van der Waals surface area contributed by atoms with Crippen LogP contribution >= 0.6 is 0 Å². The maximum absolute atomic E-state index is 9.53. The minimum absolute atomic E-state index is 0.235. The molecule has 4 fully saturated rings. The Labute approximate surface area is 194 Å². The predicted octanol–water partition coefficient (Wildman–Crippen LogP) is 5.87. The van der Waals surface area contributed by atoms with Crippen molar-refractivity contribution in [2.24, 2.45) is 33.5 Å². The van der Waals surface area contributed by atoms with Crippen LogP contribution in [0.4, 0.5) is 0 Å². The SMILES string of the molecule is CC1=C2CC34CCC(C)C2(CC1)C3(C)CC#CCC12C=CC4N3CC31CCC2CCCO. The monoisotopic (exact) mass is 431 g/mol. The molecule has 1 saturated heterocycles. The second-order valence-corrected chi connectivity index (χ2v) is 13.1. The summed E-state index contributed by atoms with van der Waals surface area (Å²) in [5, 5.41) is 9.53. The van der Waals surface area contributed by atoms with E-state index in [4.69, 9.17) is 0 Å². The van der Waals surface area contributed by atoms with Gasteiger partial charge in [-0.25, -0.2) is 0 Å². The van der Waals surface area contributed by atoms with Gasteiger partial charge < -0.3 is 5.11 Å². The van der Waals surface area contributed by atoms with E-state index in [2.05, 4.69) is 49.7 Å². The third-order valence-electron chi connectivity index (χ3n) is 12.9. The summed E-state index contributed by atoms with van der Waals surface area (Å²) in [5.41, 5.74) is 5.26. The molecule has 0 aromatic carbocycles. The first-order chi connectivity index (χ1) is 15.4. The predicted molar refractivity (Wildman–Crippen MR) is 129 cm³/mol. The van der Waals surface area contributed by atoms with Crippen molar-refractivity contribution in [3.05, 3.63) is 23.3 Å². The van der Waals surface area contributed by atoms with E-state index >= 15 is 0 Å². The van der Waals surface area contributed by atoms with E-state index in [0.717, 1.165) is 25.2 Å². The number of nitrogens with zero attached hydrogens (tertiary/aromatic N) is 1. The third kappa shape index (κ3) is 1.91. The highest BCUT2D eigenvalue weighted by molar-refractivity contribution is 5.47. The highest BCUT2D eigenvalue weighted by Crippen LogP contribution is 2.81. The minimum atomic E-state index is 0.235. The van der Waals surface area contributed by atoms with Gasteiger partial charge in [0.2, 0.25) is 0 Å². The molecule has 1 N–H and O–H groups in total. The van der Waals surface area contributed by atoms with E-state index in [1.165, 1.54) is 57.9 Å². The molecule has 8 aliphatic rings. The molecule has 3 saturated carbocycles. The number of aliphatic hydroxyl groups excluding tert-OH is 1. The highest BCUT2D eigenvalue weighted by Gasteiger charge is 2.79. The number of hydrogen-bond donors (Lipinski definition) is 1. The van der Waals surface area contributed by atoms with Crippen molar-refractivity contribution < 1.29 is 5.11 Å². The van der Waals surface area contributed by atoms with Crippen LogP contribution in [0.15, 0.2) is 23.3 Å². The summed E-state index contributed by atoms with van der Waals surface area (Å²) >= 11 is 0. The van der Waals surface area contributed by atoms with Crippen LogP contribution < -0.4 is 0 Å². The first kappa shape index (κ1) is 20.3. The van der Waals surface area contributed by atoms with Gasteiger partial charge in [-0.3, -0.25) is 4.90 Å². The van der Waals surface area contributed by atoms with E-state index in [1.54, 1.807) is 5.57 Å². The lowest BCUT2D eigenvalue weighted by atomic mass is 9.44. The average Bonchev–Trinajstić information content (AvgIpc) is 3.30. The van der Waals surface area contributed by atoms with Gasteiger partial charge >= 0.3 is 0 Å². The number of hydrogen-bond acceptors (Lipinski definition) is 2. The lowest BCUT2D eigenvalue weighted by Crippen LogP contribution is -2.60. The Hall–Kier alpha value is -1.04. The van der Waals surface area contributed by atoms with Crippen molar-refractivity contribution in [1.82, 2.24) is 4.90 Å². The standard InChI is InChI=1S/C30H41NO/c1-21-8-17-30-22(2)9-14-28(19-24(21)30)25-11-15-27(13-5-4-12-26(28,30)3)23(7-6-18-32)10-16-29(27)20-31(25)29/h11,15,22-23,25,32H,6-10,12-14,16-20H2,1-3H3. The van der Waals surface area contributed by atoms with Crippen LogP contribution in [0.2, 0.25) is 0 Å². The zero-order valence-corrected chi connectivity index (χ0v) is 20.5. The normalized spacial score (nSPS) is 56.2. The van der Waals surface area contributed by atoms with Gasteiger partial charge in [0, 0.05) is 53.8 Å². The van der Waals surface area contributed by atoms with E-state index in [1.807, 2.05) is 5.57 Å².